The van der Waals surface area contributed by atoms with E-state index in [1.807, 2.05) is 13.8 Å². The van der Waals surface area contributed by atoms with Crippen molar-refractivity contribution in [2.24, 2.45) is 5.92 Å². The monoisotopic (exact) mass is 462 g/mol. The van der Waals surface area contributed by atoms with Crippen molar-refractivity contribution in [3.05, 3.63) is 37.6 Å². The van der Waals surface area contributed by atoms with Gasteiger partial charge in [0.1, 0.15) is 16.7 Å². The molecule has 12 heteroatoms. The first-order chi connectivity index (χ1) is 14.0. The highest BCUT2D eigenvalue weighted by Crippen LogP contribution is 2.40. The van der Waals surface area contributed by atoms with Crippen molar-refractivity contribution in [2.45, 2.75) is 24.8 Å². The maximum atomic E-state index is 12.6. The molecule has 2 aromatic carbocycles. The number of phenolic OH excluding ortho intramolecular Hbond substituents is 1. The molecule has 0 amide bonds. The Labute approximate surface area is 178 Å². The van der Waals surface area contributed by atoms with Crippen molar-refractivity contribution < 1.29 is 27.8 Å². The number of aromatic hydroxyl groups is 1. The Kier molecular flexibility index (Phi) is 7.48. The molecule has 0 aromatic heterocycles. The number of anilines is 2. The lowest BCUT2D eigenvalue weighted by Gasteiger charge is -2.24. The van der Waals surface area contributed by atoms with Gasteiger partial charge in [-0.1, -0.05) is 29.9 Å². The molecule has 0 radical (unpaired) electrons. The van der Waals surface area contributed by atoms with E-state index in [-0.39, 0.29) is 34.7 Å². The highest BCUT2D eigenvalue weighted by Gasteiger charge is 2.31. The molecule has 0 bridgehead atoms. The summed E-state index contributed by atoms with van der Waals surface area (Å²) >= 11 is 5.97. The van der Waals surface area contributed by atoms with E-state index in [4.69, 9.17) is 21.1 Å². The van der Waals surface area contributed by atoms with Crippen LogP contribution in [0.1, 0.15) is 13.8 Å². The number of rotatable bonds is 10. The van der Waals surface area contributed by atoms with E-state index in [0.717, 1.165) is 14.2 Å². The quantitative estimate of drug-likeness (QED) is 0.307. The van der Waals surface area contributed by atoms with Gasteiger partial charge in [0.2, 0.25) is 0 Å². The first kappa shape index (κ1) is 24.1. The molecule has 0 aliphatic heterocycles. The second-order valence-electron chi connectivity index (χ2n) is 6.71. The van der Waals surface area contributed by atoms with Crippen LogP contribution >= 0.6 is 11.6 Å². The molecule has 0 saturated heterocycles. The van der Waals surface area contributed by atoms with Crippen LogP contribution in [0.2, 0.25) is 5.02 Å². The van der Waals surface area contributed by atoms with Gasteiger partial charge in [-0.3, -0.25) is 14.4 Å². The number of hydroxylamine groups is 1. The van der Waals surface area contributed by atoms with E-state index >= 15 is 0 Å². The summed E-state index contributed by atoms with van der Waals surface area (Å²) in [6.45, 7) is 3.90. The van der Waals surface area contributed by atoms with Gasteiger partial charge in [-0.25, -0.2) is 8.42 Å². The number of ether oxygens (including phenoxy) is 2. The standard InChI is InChI=1S/C18H23ClN2O8S/c1-9(2)12(8-27-4)29-17-13(15(23)16(17)24)20-11-7-6-10(19)18(14(11)22)30(25,26)21(3)28-5/h6-7,9,12,20,22H,8H2,1-5H3. The van der Waals surface area contributed by atoms with Gasteiger partial charge in [-0.2, -0.15) is 0 Å². The lowest BCUT2D eigenvalue weighted by molar-refractivity contribution is -0.0259. The molecule has 30 heavy (non-hydrogen) atoms. The normalized spacial score (nSPS) is 13.2. The van der Waals surface area contributed by atoms with Crippen LogP contribution in [0.4, 0.5) is 11.4 Å². The molecule has 2 rings (SSSR count). The molecule has 10 nitrogen and oxygen atoms in total. The van der Waals surface area contributed by atoms with Crippen molar-refractivity contribution in [1.29, 1.82) is 0 Å². The molecule has 2 N–H and O–H groups in total. The number of sulfonamides is 1. The van der Waals surface area contributed by atoms with Crippen LogP contribution in [-0.4, -0.2) is 52.0 Å². The van der Waals surface area contributed by atoms with Gasteiger partial charge in [-0.15, -0.1) is 0 Å². The van der Waals surface area contributed by atoms with E-state index in [1.54, 1.807) is 0 Å². The number of nitrogens with one attached hydrogen (secondary N) is 1. The van der Waals surface area contributed by atoms with Gasteiger partial charge in [0.25, 0.3) is 20.9 Å². The van der Waals surface area contributed by atoms with Crippen LogP contribution in [0.5, 0.6) is 11.5 Å². The van der Waals surface area contributed by atoms with E-state index in [2.05, 4.69) is 10.2 Å². The third-order valence-electron chi connectivity index (χ3n) is 4.41. The van der Waals surface area contributed by atoms with Gasteiger partial charge in [0.05, 0.1) is 24.4 Å². The molecule has 0 heterocycles. The van der Waals surface area contributed by atoms with Crippen molar-refractivity contribution in [1.82, 2.24) is 4.47 Å². The Morgan fingerprint density at radius 2 is 1.83 bits per heavy atom. The predicted molar refractivity (Wildman–Crippen MR) is 111 cm³/mol. The molecule has 0 fully saturated rings. The van der Waals surface area contributed by atoms with E-state index in [1.165, 1.54) is 19.2 Å². The minimum atomic E-state index is -4.30. The van der Waals surface area contributed by atoms with Crippen LogP contribution < -0.4 is 20.9 Å². The van der Waals surface area contributed by atoms with Gasteiger partial charge in [-0.05, 0) is 18.1 Å². The van der Waals surface area contributed by atoms with Gasteiger partial charge in [0.15, 0.2) is 11.5 Å². The summed E-state index contributed by atoms with van der Waals surface area (Å²) in [7, 11) is -0.574. The Morgan fingerprint density at radius 1 is 1.20 bits per heavy atom. The smallest absolute Gasteiger partial charge is 0.272 e. The molecule has 166 valence electrons. The number of phenols is 1. The summed E-state index contributed by atoms with van der Waals surface area (Å²) in [6.07, 6.45) is -0.496. The zero-order valence-corrected chi connectivity index (χ0v) is 18.6. The SMILES string of the molecule is COCC(Oc1c(Nc2ccc(Cl)c(S(=O)(=O)N(C)OC)c2O)c(=O)c1=O)C(C)C. The molecule has 1 atom stereocenters. The average molecular weight is 463 g/mol. The summed E-state index contributed by atoms with van der Waals surface area (Å²) in [5, 5.41) is 12.8. The Morgan fingerprint density at radius 3 is 2.37 bits per heavy atom. The Bertz CT molecular complexity index is 1090. The maximum Gasteiger partial charge on any atom is 0.272 e. The Hall–Kier alpha value is -2.18. The number of halogens is 1. The third-order valence-corrected chi connectivity index (χ3v) is 6.59. The largest absolute Gasteiger partial charge is 0.504 e. The molecule has 0 saturated carbocycles. The minimum Gasteiger partial charge on any atom is -0.504 e. The van der Waals surface area contributed by atoms with Crippen molar-refractivity contribution in [3.8, 4) is 11.5 Å². The molecule has 1 unspecified atom stereocenters. The lowest BCUT2D eigenvalue weighted by atomic mass is 10.1. The summed E-state index contributed by atoms with van der Waals surface area (Å²) in [5.41, 5.74) is -2.06. The third kappa shape index (κ3) is 4.44. The summed E-state index contributed by atoms with van der Waals surface area (Å²) in [6, 6.07) is 2.48. The van der Waals surface area contributed by atoms with Crippen LogP contribution in [0.15, 0.2) is 26.6 Å². The van der Waals surface area contributed by atoms with E-state index in [9.17, 15) is 23.1 Å². The van der Waals surface area contributed by atoms with E-state index < -0.39 is 37.6 Å². The van der Waals surface area contributed by atoms with Crippen LogP contribution in [-0.2, 0) is 19.6 Å². The fourth-order valence-electron chi connectivity index (χ4n) is 2.53. The molecule has 0 aliphatic carbocycles. The number of hydrogen-bond donors (Lipinski definition) is 2. The average Bonchev–Trinajstić information content (AvgIpc) is 2.69. The number of nitrogens with zero attached hydrogens (tertiary/aromatic N) is 1. The zero-order valence-electron chi connectivity index (χ0n) is 17.1. The molecular formula is C18H23ClN2O8S. The van der Waals surface area contributed by atoms with Crippen molar-refractivity contribution >= 4 is 33.0 Å². The van der Waals surface area contributed by atoms with Crippen LogP contribution in [0.3, 0.4) is 0 Å². The van der Waals surface area contributed by atoms with Gasteiger partial charge >= 0.3 is 0 Å². The number of benzene rings is 1. The highest BCUT2D eigenvalue weighted by atomic mass is 35.5. The number of hydrogen-bond acceptors (Lipinski definition) is 9. The zero-order chi connectivity index (χ0) is 22.8. The van der Waals surface area contributed by atoms with Crippen molar-refractivity contribution in [3.63, 3.8) is 0 Å². The second kappa shape index (κ2) is 9.31. The summed E-state index contributed by atoms with van der Waals surface area (Å²) in [4.78, 5) is 28.1. The highest BCUT2D eigenvalue weighted by molar-refractivity contribution is 7.89. The predicted octanol–water partition coefficient (Wildman–Crippen LogP) is 1.62. The lowest BCUT2D eigenvalue weighted by Crippen LogP contribution is -2.39. The van der Waals surface area contributed by atoms with Crippen LogP contribution in [0, 0.1) is 5.92 Å². The molecular weight excluding hydrogens is 440 g/mol. The minimum absolute atomic E-state index is 0.0209. The Balaban J connectivity index is 2.46. The fourth-order valence-corrected chi connectivity index (χ4v) is 4.10. The maximum absolute atomic E-state index is 12.6. The molecule has 2 aromatic rings. The topological polar surface area (TPSA) is 131 Å². The fraction of sp³-hybridized carbons (Fsp3) is 0.444. The van der Waals surface area contributed by atoms with Gasteiger partial charge in [0, 0.05) is 14.2 Å². The van der Waals surface area contributed by atoms with Crippen LogP contribution in [0.25, 0.3) is 0 Å². The van der Waals surface area contributed by atoms with Crippen molar-refractivity contribution in [2.75, 3.05) is 33.2 Å². The first-order valence-corrected chi connectivity index (χ1v) is 10.6. The summed E-state index contributed by atoms with van der Waals surface area (Å²) < 4.78 is 36.3. The second-order valence-corrected chi connectivity index (χ2v) is 8.99. The van der Waals surface area contributed by atoms with Gasteiger partial charge < -0.3 is 19.9 Å². The molecule has 0 aliphatic rings. The first-order valence-electron chi connectivity index (χ1n) is 8.77. The van der Waals surface area contributed by atoms with E-state index in [0.29, 0.717) is 4.47 Å². The number of methoxy groups -OCH3 is 1. The summed E-state index contributed by atoms with van der Waals surface area (Å²) in [5.74, 6) is -0.987. The molecule has 0 spiro atoms.